The van der Waals surface area contributed by atoms with Crippen LogP contribution in [-0.4, -0.2) is 41.8 Å². The van der Waals surface area contributed by atoms with E-state index in [4.69, 9.17) is 0 Å². The highest BCUT2D eigenvalue weighted by molar-refractivity contribution is 9.10. The van der Waals surface area contributed by atoms with Crippen LogP contribution < -0.4 is 10.9 Å². The number of hydrogen-bond acceptors (Lipinski definition) is 7. The van der Waals surface area contributed by atoms with E-state index in [1.807, 2.05) is 13.8 Å². The molecule has 3 aromatic heterocycles. The molecule has 0 radical (unpaired) electrons. The van der Waals surface area contributed by atoms with Crippen LogP contribution in [0.15, 0.2) is 21.3 Å². The molecule has 12 heteroatoms. The molecule has 26 heavy (non-hydrogen) atoms. The maximum absolute atomic E-state index is 11.9. The lowest BCUT2D eigenvalue weighted by molar-refractivity contribution is -0.122. The summed E-state index contributed by atoms with van der Waals surface area (Å²) in [4.78, 5) is 24.8. The lowest BCUT2D eigenvalue weighted by atomic mass is 10.3. The predicted octanol–water partition coefficient (Wildman–Crippen LogP) is 0.820. The van der Waals surface area contributed by atoms with Crippen LogP contribution in [0.4, 0.5) is 0 Å². The molecule has 0 unspecified atom stereocenters. The summed E-state index contributed by atoms with van der Waals surface area (Å²) < 4.78 is 2.69. The molecule has 0 saturated heterocycles. The first-order valence-electron chi connectivity index (χ1n) is 7.51. The molecule has 0 aromatic carbocycles. The molecule has 0 fully saturated rings. The van der Waals surface area contributed by atoms with E-state index >= 15 is 0 Å². The van der Waals surface area contributed by atoms with E-state index in [1.54, 1.807) is 21.5 Å². The second-order valence-electron chi connectivity index (χ2n) is 5.39. The number of nitrogens with one attached hydrogen (secondary N) is 2. The number of hydrazine groups is 1. The molecular weight excluding hydrogens is 424 g/mol. The van der Waals surface area contributed by atoms with Crippen LogP contribution in [0.2, 0.25) is 0 Å². The Kier molecular flexibility index (Phi) is 5.42. The highest BCUT2D eigenvalue weighted by atomic mass is 79.9. The number of carbonyl (C=O) groups is 2. The van der Waals surface area contributed by atoms with Crippen molar-refractivity contribution in [3.63, 3.8) is 0 Å². The summed E-state index contributed by atoms with van der Waals surface area (Å²) >= 11 is 4.86. The highest BCUT2D eigenvalue weighted by Gasteiger charge is 2.13. The second-order valence-corrected chi connectivity index (χ2v) is 6.97. The second kappa shape index (κ2) is 7.74. The van der Waals surface area contributed by atoms with Gasteiger partial charge in [0.1, 0.15) is 13.1 Å². The van der Waals surface area contributed by atoms with Crippen molar-refractivity contribution in [1.82, 2.24) is 40.8 Å². The number of nitrogens with zero attached hydrogens (tertiary/aromatic N) is 6. The van der Waals surface area contributed by atoms with Gasteiger partial charge in [0.15, 0.2) is 5.82 Å². The lowest BCUT2D eigenvalue weighted by Gasteiger charge is -2.05. The minimum Gasteiger partial charge on any atom is -0.271 e. The molecule has 0 aliphatic heterocycles. The fraction of sp³-hybridized carbons (Fsp3) is 0.286. The summed E-state index contributed by atoms with van der Waals surface area (Å²) in [5, 5.41) is 19.7. The van der Waals surface area contributed by atoms with Crippen molar-refractivity contribution in [3.8, 4) is 0 Å². The average molecular weight is 439 g/mol. The number of tetrazole rings is 1. The van der Waals surface area contributed by atoms with Gasteiger partial charge in [0, 0.05) is 5.38 Å². The number of carbonyl (C=O) groups excluding carboxylic acids is 2. The molecular formula is C14H15BrN8O2S. The van der Waals surface area contributed by atoms with E-state index in [-0.39, 0.29) is 12.5 Å². The Morgan fingerprint density at radius 3 is 2.73 bits per heavy atom. The smallest absolute Gasteiger partial charge is 0.270 e. The van der Waals surface area contributed by atoms with Crippen molar-refractivity contribution in [3.05, 3.63) is 44.1 Å². The van der Waals surface area contributed by atoms with Crippen molar-refractivity contribution in [2.75, 3.05) is 0 Å². The van der Waals surface area contributed by atoms with Crippen LogP contribution in [0.25, 0.3) is 0 Å². The molecule has 0 aliphatic rings. The zero-order valence-corrected chi connectivity index (χ0v) is 16.3. The molecule has 2 N–H and O–H groups in total. The monoisotopic (exact) mass is 438 g/mol. The third-order valence-electron chi connectivity index (χ3n) is 3.46. The van der Waals surface area contributed by atoms with Gasteiger partial charge < -0.3 is 0 Å². The van der Waals surface area contributed by atoms with Gasteiger partial charge in [0.05, 0.1) is 21.4 Å². The quantitative estimate of drug-likeness (QED) is 0.569. The van der Waals surface area contributed by atoms with Crippen LogP contribution in [0, 0.1) is 13.8 Å². The molecule has 10 nitrogen and oxygen atoms in total. The Labute approximate surface area is 160 Å². The summed E-state index contributed by atoms with van der Waals surface area (Å²) in [7, 11) is 0. The molecule has 3 rings (SSSR count). The molecule has 2 amide bonds. The molecule has 0 bridgehead atoms. The van der Waals surface area contributed by atoms with Gasteiger partial charge in [-0.1, -0.05) is 0 Å². The normalized spacial score (nSPS) is 10.7. The van der Waals surface area contributed by atoms with E-state index in [0.717, 1.165) is 20.7 Å². The van der Waals surface area contributed by atoms with Gasteiger partial charge in [0.2, 0.25) is 0 Å². The molecule has 0 aliphatic carbocycles. The number of amides is 2. The van der Waals surface area contributed by atoms with Gasteiger partial charge in [-0.05, 0) is 46.4 Å². The fourth-order valence-corrected chi connectivity index (χ4v) is 3.05. The van der Waals surface area contributed by atoms with Crippen molar-refractivity contribution in [1.29, 1.82) is 0 Å². The zero-order valence-electron chi connectivity index (χ0n) is 13.9. The molecule has 136 valence electrons. The SMILES string of the molecule is Cc1nn(Cc2nnn(CC(=O)NNC(=O)c3ccsc3)n2)c(C)c1Br. The molecule has 0 saturated carbocycles. The summed E-state index contributed by atoms with van der Waals surface area (Å²) in [6.07, 6.45) is 0. The van der Waals surface area contributed by atoms with E-state index in [9.17, 15) is 9.59 Å². The minimum absolute atomic E-state index is 0.169. The summed E-state index contributed by atoms with van der Waals surface area (Å²) in [6.45, 7) is 4.00. The number of aryl methyl sites for hydroxylation is 1. The Hall–Kier alpha value is -2.60. The fourth-order valence-electron chi connectivity index (χ4n) is 2.13. The first-order valence-corrected chi connectivity index (χ1v) is 9.25. The van der Waals surface area contributed by atoms with Gasteiger partial charge in [-0.3, -0.25) is 25.1 Å². The molecule has 0 atom stereocenters. The summed E-state index contributed by atoms with van der Waals surface area (Å²) in [6, 6.07) is 1.66. The maximum atomic E-state index is 11.9. The lowest BCUT2D eigenvalue weighted by Crippen LogP contribution is -2.43. The van der Waals surface area contributed by atoms with Crippen LogP contribution in [0.5, 0.6) is 0 Å². The highest BCUT2D eigenvalue weighted by Crippen LogP contribution is 2.19. The topological polar surface area (TPSA) is 120 Å². The van der Waals surface area contributed by atoms with E-state index in [2.05, 4.69) is 47.3 Å². The number of hydrogen-bond donors (Lipinski definition) is 2. The van der Waals surface area contributed by atoms with Gasteiger partial charge in [-0.25, -0.2) is 0 Å². The minimum atomic E-state index is -0.466. The van der Waals surface area contributed by atoms with Gasteiger partial charge in [-0.15, -0.1) is 10.2 Å². The zero-order chi connectivity index (χ0) is 18.7. The Morgan fingerprint density at radius 1 is 1.27 bits per heavy atom. The third-order valence-corrected chi connectivity index (χ3v) is 5.29. The number of aromatic nitrogens is 6. The summed E-state index contributed by atoms with van der Waals surface area (Å²) in [5.41, 5.74) is 6.94. The van der Waals surface area contributed by atoms with Gasteiger partial charge >= 0.3 is 0 Å². The predicted molar refractivity (Wildman–Crippen MR) is 96.2 cm³/mol. The number of halogens is 1. The third kappa shape index (κ3) is 4.14. The van der Waals surface area contributed by atoms with Crippen LogP contribution >= 0.6 is 27.3 Å². The van der Waals surface area contributed by atoms with Crippen molar-refractivity contribution in [2.24, 2.45) is 0 Å². The van der Waals surface area contributed by atoms with Crippen LogP contribution in [-0.2, 0) is 17.9 Å². The number of thiophene rings is 1. The standard InChI is InChI=1S/C14H15BrN8O2S/c1-8-13(15)9(2)22(19-8)5-11-16-21-23(20-11)6-12(24)17-18-14(25)10-3-4-26-7-10/h3-4,7H,5-6H2,1-2H3,(H,17,24)(H,18,25). The van der Waals surface area contributed by atoms with Gasteiger partial charge in [0.25, 0.3) is 11.8 Å². The average Bonchev–Trinajstić information content (AvgIpc) is 3.33. The molecule has 3 aromatic rings. The molecule has 3 heterocycles. The van der Waals surface area contributed by atoms with Crippen molar-refractivity contribution >= 4 is 39.1 Å². The van der Waals surface area contributed by atoms with Crippen molar-refractivity contribution in [2.45, 2.75) is 26.9 Å². The Balaban J connectivity index is 1.53. The Bertz CT molecular complexity index is 933. The van der Waals surface area contributed by atoms with Crippen LogP contribution in [0.3, 0.4) is 0 Å². The summed E-state index contributed by atoms with van der Waals surface area (Å²) in [5.74, 6) is -0.425. The molecule has 0 spiro atoms. The van der Waals surface area contributed by atoms with Crippen molar-refractivity contribution < 1.29 is 9.59 Å². The Morgan fingerprint density at radius 2 is 2.08 bits per heavy atom. The first kappa shape index (κ1) is 18.2. The van der Waals surface area contributed by atoms with E-state index < -0.39 is 5.91 Å². The maximum Gasteiger partial charge on any atom is 0.270 e. The van der Waals surface area contributed by atoms with E-state index in [0.29, 0.717) is 17.9 Å². The first-order chi connectivity index (χ1) is 12.4. The van der Waals surface area contributed by atoms with Crippen LogP contribution in [0.1, 0.15) is 27.6 Å². The largest absolute Gasteiger partial charge is 0.271 e. The number of rotatable bonds is 5. The van der Waals surface area contributed by atoms with Gasteiger partial charge in [-0.2, -0.15) is 21.2 Å². The van der Waals surface area contributed by atoms with E-state index in [1.165, 1.54) is 11.3 Å².